The lowest BCUT2D eigenvalue weighted by atomic mass is 11.6. The highest BCUT2D eigenvalue weighted by Gasteiger charge is 2.20. The van der Waals surface area contributed by atoms with Crippen LogP contribution in [0.1, 0.15) is 0 Å². The molecular weight excluding hydrogens is 170 g/mol. The molecule has 2 unspecified atom stereocenters. The molecule has 0 spiro atoms. The highest BCUT2D eigenvalue weighted by atomic mass is 31.1. The third kappa shape index (κ3) is 1.59. The third-order valence-electron chi connectivity index (χ3n) is 0.431. The van der Waals surface area contributed by atoms with Crippen LogP contribution < -0.4 is 5.82 Å². The third-order valence-corrected chi connectivity index (χ3v) is 2.09. The normalized spacial score (nSPS) is 13.3. The van der Waals surface area contributed by atoms with E-state index in [9.17, 15) is 13.9 Å². The van der Waals surface area contributed by atoms with Crippen LogP contribution in [-0.4, -0.2) is 0 Å². The molecule has 0 saturated carbocycles. The minimum atomic E-state index is -2.58. The van der Waals surface area contributed by atoms with Crippen LogP contribution in [-0.2, 0) is 9.13 Å². The summed E-state index contributed by atoms with van der Waals surface area (Å²) in [6, 6.07) is 0. The van der Waals surface area contributed by atoms with Crippen LogP contribution in [0.3, 0.4) is 0 Å². The summed E-state index contributed by atoms with van der Waals surface area (Å²) in [6.07, 6.45) is 0. The number of hydrogen-bond acceptors (Lipinski definition) is 6. The Labute approximate surface area is 48.9 Å². The summed E-state index contributed by atoms with van der Waals surface area (Å²) in [5, 5.41) is 0. The van der Waals surface area contributed by atoms with E-state index >= 15 is 0 Å². The van der Waals surface area contributed by atoms with Crippen molar-refractivity contribution in [3.05, 3.63) is 10.6 Å². The molecule has 0 aliphatic heterocycles. The largest absolute Gasteiger partial charge is 0.860 e. The first-order chi connectivity index (χ1) is 4.18. The second kappa shape index (κ2) is 2.25. The van der Waals surface area contributed by atoms with Gasteiger partial charge in [-0.05, 0) is 0 Å². The van der Waals surface area contributed by atoms with Gasteiger partial charge >= 0.3 is 21.6 Å². The summed E-state index contributed by atoms with van der Waals surface area (Å²) in [7, 11) is -5.16. The van der Waals surface area contributed by atoms with Crippen molar-refractivity contribution in [2.75, 3.05) is 0 Å². The van der Waals surface area contributed by atoms with Gasteiger partial charge in [0.05, 0.1) is 3.98 Å². The topological polar surface area (TPSA) is 90.6 Å². The summed E-state index contributed by atoms with van der Waals surface area (Å²) in [5.74, 6) is -1.23. The molecule has 48 valence electrons. The number of hydrogen-bond donors (Lipinski definition) is 0. The monoisotopic (exact) mass is 170 g/mol. The lowest BCUT2D eigenvalue weighted by Gasteiger charge is -1.49. The van der Waals surface area contributed by atoms with E-state index in [1.807, 2.05) is 0 Å². The van der Waals surface area contributed by atoms with Gasteiger partial charge in [0, 0.05) is 9.13 Å². The average Bonchev–Trinajstić information content (AvgIpc) is 1.59. The summed E-state index contributed by atoms with van der Waals surface area (Å²) in [4.78, 5) is 9.99. The first-order valence-corrected chi connectivity index (χ1v) is 3.90. The van der Waals surface area contributed by atoms with Crippen molar-refractivity contribution in [1.29, 1.82) is 0 Å². The standard InChI is InChI=1S/CO6P2/c2-1-5-8(3)7-9(4)6-1/q+2. The van der Waals surface area contributed by atoms with Gasteiger partial charge in [0.1, 0.15) is 0 Å². The van der Waals surface area contributed by atoms with Crippen LogP contribution in [0, 0.1) is 0 Å². The fraction of sp³-hybridized carbons (Fsp3) is 0. The minimum absolute atomic E-state index is 1.23. The van der Waals surface area contributed by atoms with Gasteiger partial charge < -0.3 is 0 Å². The summed E-state index contributed by atoms with van der Waals surface area (Å²) in [6.45, 7) is 0. The molecule has 0 aliphatic carbocycles. The molecule has 2 atom stereocenters. The van der Waals surface area contributed by atoms with E-state index in [1.165, 1.54) is 0 Å². The molecule has 0 fully saturated rings. The molecule has 1 rings (SSSR count). The molecule has 1 aromatic heterocycles. The number of rotatable bonds is 0. The molecule has 8 heteroatoms. The van der Waals surface area contributed by atoms with Crippen molar-refractivity contribution in [1.82, 2.24) is 0 Å². The lowest BCUT2D eigenvalue weighted by Crippen LogP contribution is -1.87. The zero-order valence-corrected chi connectivity index (χ0v) is 5.63. The van der Waals surface area contributed by atoms with Crippen LogP contribution in [0.25, 0.3) is 0 Å². The van der Waals surface area contributed by atoms with E-state index in [2.05, 4.69) is 12.4 Å². The van der Waals surface area contributed by atoms with Gasteiger partial charge in [0.25, 0.3) is 0 Å². The Morgan fingerprint density at radius 3 is 1.89 bits per heavy atom. The van der Waals surface area contributed by atoms with Crippen molar-refractivity contribution in [3.8, 4) is 0 Å². The second-order valence-corrected chi connectivity index (χ2v) is 2.87. The van der Waals surface area contributed by atoms with Crippen LogP contribution in [0.4, 0.5) is 0 Å². The van der Waals surface area contributed by atoms with Crippen molar-refractivity contribution in [2.45, 2.75) is 0 Å². The Kier molecular flexibility index (Phi) is 1.60. The van der Waals surface area contributed by atoms with Gasteiger partial charge in [0.15, 0.2) is 0 Å². The average molecular weight is 170 g/mol. The molecule has 0 radical (unpaired) electrons. The first kappa shape index (κ1) is 6.39. The second-order valence-electron chi connectivity index (χ2n) is 0.961. The Morgan fingerprint density at radius 2 is 1.56 bits per heavy atom. The molecular formula is CO6P2+2. The van der Waals surface area contributed by atoms with E-state index in [0.717, 1.165) is 0 Å². The Hall–Kier alpha value is -0.730. The highest BCUT2D eigenvalue weighted by Crippen LogP contribution is 2.18. The van der Waals surface area contributed by atoms with Crippen LogP contribution >= 0.6 is 15.8 Å². The molecule has 1 aromatic rings. The van der Waals surface area contributed by atoms with E-state index < -0.39 is 21.6 Å². The molecule has 0 bridgehead atoms. The van der Waals surface area contributed by atoms with Gasteiger partial charge in [-0.3, -0.25) is 0 Å². The summed E-state index contributed by atoms with van der Waals surface area (Å²) >= 11 is 0. The molecule has 0 aromatic carbocycles. The minimum Gasteiger partial charge on any atom is -0.196 e. The van der Waals surface area contributed by atoms with Gasteiger partial charge in [-0.25, -0.2) is 0 Å². The highest BCUT2D eigenvalue weighted by molar-refractivity contribution is 7.32. The quantitative estimate of drug-likeness (QED) is 0.582. The van der Waals surface area contributed by atoms with Gasteiger partial charge in [-0.1, -0.05) is 0 Å². The maximum absolute atomic E-state index is 10.1. The van der Waals surface area contributed by atoms with E-state index in [4.69, 9.17) is 0 Å². The van der Waals surface area contributed by atoms with Crippen molar-refractivity contribution in [3.63, 3.8) is 0 Å². The van der Waals surface area contributed by atoms with Gasteiger partial charge in [0.2, 0.25) is 0 Å². The molecule has 0 aliphatic rings. The zero-order valence-electron chi connectivity index (χ0n) is 3.84. The molecule has 9 heavy (non-hydrogen) atoms. The molecule has 0 saturated heterocycles. The Balaban J connectivity index is 3.72. The van der Waals surface area contributed by atoms with Crippen LogP contribution in [0.5, 0.6) is 0 Å². The first-order valence-electron chi connectivity index (χ1n) is 1.71. The van der Waals surface area contributed by atoms with Gasteiger partial charge in [-0.2, -0.15) is 4.79 Å². The van der Waals surface area contributed by atoms with Crippen molar-refractivity contribution < 1.29 is 21.5 Å². The van der Waals surface area contributed by atoms with Crippen molar-refractivity contribution in [2.24, 2.45) is 0 Å². The van der Waals surface area contributed by atoms with Gasteiger partial charge in [-0.15, -0.1) is 8.39 Å². The fourth-order valence-electron chi connectivity index (χ4n) is 0.226. The SMILES string of the molecule is O=c1o[p+](=O)o[p+](=O)o1. The zero-order chi connectivity index (χ0) is 6.85. The summed E-state index contributed by atoms with van der Waals surface area (Å²) < 4.78 is 31.7. The van der Waals surface area contributed by atoms with E-state index in [0.29, 0.717) is 0 Å². The Bertz CT molecular complexity index is 274. The molecule has 6 nitrogen and oxygen atoms in total. The van der Waals surface area contributed by atoms with Crippen LogP contribution in [0.2, 0.25) is 0 Å². The smallest absolute Gasteiger partial charge is 0.196 e. The Morgan fingerprint density at radius 1 is 1.11 bits per heavy atom. The summed E-state index contributed by atoms with van der Waals surface area (Å²) in [5.41, 5.74) is 0. The lowest BCUT2D eigenvalue weighted by molar-refractivity contribution is 0.360. The maximum atomic E-state index is 10.1. The predicted octanol–water partition coefficient (Wildman–Crippen LogP) is 1.31. The fourth-order valence-corrected chi connectivity index (χ4v) is 1.31. The molecule has 0 N–H and O–H groups in total. The van der Waals surface area contributed by atoms with Crippen LogP contribution in [0.15, 0.2) is 17.2 Å². The van der Waals surface area contributed by atoms with Crippen molar-refractivity contribution >= 4 is 15.8 Å². The maximum Gasteiger partial charge on any atom is 0.860 e. The van der Waals surface area contributed by atoms with E-state index in [1.54, 1.807) is 0 Å². The molecule has 0 amide bonds. The molecule has 1 heterocycles. The van der Waals surface area contributed by atoms with E-state index in [-0.39, 0.29) is 0 Å². The predicted molar refractivity (Wildman–Crippen MR) is 24.7 cm³/mol.